The summed E-state index contributed by atoms with van der Waals surface area (Å²) in [6.07, 6.45) is 6.00. The lowest BCUT2D eigenvalue weighted by Gasteiger charge is -2.35. The summed E-state index contributed by atoms with van der Waals surface area (Å²) < 4.78 is 13.9. The molecule has 2 nitrogen and oxygen atoms in total. The Hall–Kier alpha value is -0.190. The molecule has 1 aromatic carbocycles. The molecule has 1 aliphatic rings. The highest BCUT2D eigenvalue weighted by Crippen LogP contribution is 2.33. The number of nitrogens with one attached hydrogen (secondary N) is 1. The first-order valence-corrected chi connectivity index (χ1v) is 9.49. The summed E-state index contributed by atoms with van der Waals surface area (Å²) in [4.78, 5) is 0.954. The van der Waals surface area contributed by atoms with Gasteiger partial charge in [0.15, 0.2) is 0 Å². The van der Waals surface area contributed by atoms with Crippen molar-refractivity contribution in [2.24, 2.45) is 5.92 Å². The van der Waals surface area contributed by atoms with Crippen molar-refractivity contribution in [2.45, 2.75) is 55.2 Å². The molecule has 0 bridgehead atoms. The minimum atomic E-state index is -0.916. The Morgan fingerprint density at radius 2 is 2.00 bits per heavy atom. The molecular weight excluding hydrogens is 334 g/mol. The number of hydrogen-bond acceptors (Lipinski definition) is 2. The quantitative estimate of drug-likeness (QED) is 0.858. The maximum atomic E-state index is 12.9. The predicted molar refractivity (Wildman–Crippen MR) is 89.4 cm³/mol. The molecule has 0 saturated heterocycles. The van der Waals surface area contributed by atoms with E-state index in [1.165, 1.54) is 19.3 Å². The fourth-order valence-corrected chi connectivity index (χ4v) is 5.23. The molecule has 1 N–H and O–H groups in total. The molecule has 4 heteroatoms. The van der Waals surface area contributed by atoms with Gasteiger partial charge in [0.1, 0.15) is 0 Å². The van der Waals surface area contributed by atoms with Gasteiger partial charge in [-0.05, 0) is 56.5 Å². The number of hydrogen-bond donors (Lipinski definition) is 1. The Morgan fingerprint density at radius 1 is 1.30 bits per heavy atom. The van der Waals surface area contributed by atoms with Gasteiger partial charge in [0.25, 0.3) is 0 Å². The van der Waals surface area contributed by atoms with E-state index in [1.807, 2.05) is 31.3 Å². The summed E-state index contributed by atoms with van der Waals surface area (Å²) in [7, 11) is 1.08. The van der Waals surface area contributed by atoms with Gasteiger partial charge in [0.2, 0.25) is 0 Å². The van der Waals surface area contributed by atoms with Crippen molar-refractivity contribution < 1.29 is 4.21 Å². The van der Waals surface area contributed by atoms with E-state index in [9.17, 15) is 4.21 Å². The third-order valence-electron chi connectivity index (χ3n) is 4.29. The summed E-state index contributed by atoms with van der Waals surface area (Å²) in [6.45, 7) is 2.24. The van der Waals surface area contributed by atoms with Crippen LogP contribution in [0.4, 0.5) is 0 Å². The molecule has 4 unspecified atom stereocenters. The molecule has 1 saturated carbocycles. The van der Waals surface area contributed by atoms with Crippen molar-refractivity contribution in [1.82, 2.24) is 5.32 Å². The number of rotatable bonds is 5. The zero-order valence-electron chi connectivity index (χ0n) is 12.3. The first kappa shape index (κ1) is 16.2. The van der Waals surface area contributed by atoms with Crippen LogP contribution < -0.4 is 5.32 Å². The average Bonchev–Trinajstić information content (AvgIpc) is 2.47. The highest BCUT2D eigenvalue weighted by Gasteiger charge is 2.33. The van der Waals surface area contributed by atoms with E-state index in [4.69, 9.17) is 0 Å². The zero-order chi connectivity index (χ0) is 14.5. The smallest absolute Gasteiger partial charge is 0.0576 e. The van der Waals surface area contributed by atoms with Gasteiger partial charge in [-0.2, -0.15) is 0 Å². The highest BCUT2D eigenvalue weighted by molar-refractivity contribution is 9.10. The number of halogens is 1. The Bertz CT molecular complexity index is 448. The molecular formula is C16H24BrNOS. The van der Waals surface area contributed by atoms with Crippen molar-refractivity contribution in [1.29, 1.82) is 0 Å². The Morgan fingerprint density at radius 3 is 2.60 bits per heavy atom. The van der Waals surface area contributed by atoms with Crippen molar-refractivity contribution in [3.63, 3.8) is 0 Å². The van der Waals surface area contributed by atoms with Gasteiger partial charge >= 0.3 is 0 Å². The van der Waals surface area contributed by atoms with Gasteiger partial charge in [0, 0.05) is 15.4 Å². The lowest BCUT2D eigenvalue weighted by atomic mass is 9.83. The number of benzene rings is 1. The molecule has 1 fully saturated rings. The molecule has 112 valence electrons. The SMILES string of the molecule is CCCC1CCC(NC)C(S(=O)c2ccc(Br)cc2)C1. The molecule has 1 aromatic rings. The lowest BCUT2D eigenvalue weighted by Crippen LogP contribution is -2.44. The second-order valence-electron chi connectivity index (χ2n) is 5.65. The van der Waals surface area contributed by atoms with Gasteiger partial charge in [-0.25, -0.2) is 0 Å². The largest absolute Gasteiger partial charge is 0.316 e. The van der Waals surface area contributed by atoms with Crippen molar-refractivity contribution in [3.05, 3.63) is 28.7 Å². The predicted octanol–water partition coefficient (Wildman–Crippen LogP) is 4.11. The molecule has 20 heavy (non-hydrogen) atoms. The molecule has 0 radical (unpaired) electrons. The molecule has 0 amide bonds. The van der Waals surface area contributed by atoms with Gasteiger partial charge in [0.05, 0.1) is 16.0 Å². The van der Waals surface area contributed by atoms with Crippen LogP contribution in [0.15, 0.2) is 33.6 Å². The Kier molecular flexibility index (Phi) is 6.24. The minimum absolute atomic E-state index is 0.242. The zero-order valence-corrected chi connectivity index (χ0v) is 14.7. The normalized spacial score (nSPS) is 28.2. The molecule has 2 rings (SSSR count). The summed E-state index contributed by atoms with van der Waals surface area (Å²) >= 11 is 3.43. The van der Waals surface area contributed by atoms with Crippen LogP contribution in [0.1, 0.15) is 39.0 Å². The van der Waals surface area contributed by atoms with Crippen LogP contribution in [0, 0.1) is 5.92 Å². The van der Waals surface area contributed by atoms with E-state index in [2.05, 4.69) is 28.2 Å². The second-order valence-corrected chi connectivity index (χ2v) is 8.24. The van der Waals surface area contributed by atoms with Gasteiger partial charge in [-0.1, -0.05) is 35.7 Å². The van der Waals surface area contributed by atoms with E-state index in [1.54, 1.807) is 0 Å². The van der Waals surface area contributed by atoms with Crippen LogP contribution in [0.2, 0.25) is 0 Å². The van der Waals surface area contributed by atoms with Gasteiger partial charge in [-0.15, -0.1) is 0 Å². The summed E-state index contributed by atoms with van der Waals surface area (Å²) in [5.41, 5.74) is 0. The molecule has 0 aromatic heterocycles. The van der Waals surface area contributed by atoms with Crippen molar-refractivity contribution in [2.75, 3.05) is 7.05 Å². The monoisotopic (exact) mass is 357 g/mol. The maximum Gasteiger partial charge on any atom is 0.0576 e. The molecule has 0 spiro atoms. The average molecular weight is 358 g/mol. The topological polar surface area (TPSA) is 29.1 Å². The van der Waals surface area contributed by atoms with Gasteiger partial charge < -0.3 is 5.32 Å². The van der Waals surface area contributed by atoms with E-state index in [0.29, 0.717) is 6.04 Å². The Labute approximate surface area is 133 Å². The second kappa shape index (κ2) is 7.71. The van der Waals surface area contributed by atoms with Crippen LogP contribution in [0.25, 0.3) is 0 Å². The van der Waals surface area contributed by atoms with Crippen LogP contribution >= 0.6 is 15.9 Å². The maximum absolute atomic E-state index is 12.9. The summed E-state index contributed by atoms with van der Waals surface area (Å²) in [5, 5.41) is 3.62. The minimum Gasteiger partial charge on any atom is -0.316 e. The van der Waals surface area contributed by atoms with Crippen molar-refractivity contribution in [3.8, 4) is 0 Å². The van der Waals surface area contributed by atoms with Crippen molar-refractivity contribution >= 4 is 26.7 Å². The standard InChI is InChI=1S/C16H24BrNOS/c1-3-4-12-5-10-15(18-2)16(11-12)20(19)14-8-6-13(17)7-9-14/h6-9,12,15-16,18H,3-5,10-11H2,1-2H3. The van der Waals surface area contributed by atoms with E-state index < -0.39 is 10.8 Å². The first-order chi connectivity index (χ1) is 9.65. The Balaban J connectivity index is 2.13. The van der Waals surface area contributed by atoms with Crippen LogP contribution in [-0.2, 0) is 10.8 Å². The van der Waals surface area contributed by atoms with Crippen LogP contribution in [-0.4, -0.2) is 22.5 Å². The lowest BCUT2D eigenvalue weighted by molar-refractivity contribution is 0.292. The summed E-state index contributed by atoms with van der Waals surface area (Å²) in [5.74, 6) is 0.744. The van der Waals surface area contributed by atoms with E-state index in [-0.39, 0.29) is 5.25 Å². The fourth-order valence-electron chi connectivity index (χ4n) is 3.19. The highest BCUT2D eigenvalue weighted by atomic mass is 79.9. The van der Waals surface area contributed by atoms with E-state index >= 15 is 0 Å². The molecule has 0 aliphatic heterocycles. The van der Waals surface area contributed by atoms with Crippen LogP contribution in [0.3, 0.4) is 0 Å². The fraction of sp³-hybridized carbons (Fsp3) is 0.625. The molecule has 0 heterocycles. The third-order valence-corrected chi connectivity index (χ3v) is 6.63. The first-order valence-electron chi connectivity index (χ1n) is 7.49. The molecule has 4 atom stereocenters. The third kappa shape index (κ3) is 3.92. The van der Waals surface area contributed by atoms with E-state index in [0.717, 1.165) is 28.1 Å². The summed E-state index contributed by atoms with van der Waals surface area (Å²) in [6, 6.07) is 8.31. The molecule has 1 aliphatic carbocycles. The van der Waals surface area contributed by atoms with Crippen LogP contribution in [0.5, 0.6) is 0 Å². The van der Waals surface area contributed by atoms with Gasteiger partial charge in [-0.3, -0.25) is 4.21 Å².